The van der Waals surface area contributed by atoms with Crippen LogP contribution in [0.2, 0.25) is 0 Å². The summed E-state index contributed by atoms with van der Waals surface area (Å²) < 4.78 is 8.17. The van der Waals surface area contributed by atoms with Crippen molar-refractivity contribution in [3.05, 3.63) is 0 Å². The van der Waals surface area contributed by atoms with Crippen molar-refractivity contribution >= 4 is 66.4 Å². The zero-order valence-corrected chi connectivity index (χ0v) is 6.28. The molecule has 0 saturated heterocycles. The van der Waals surface area contributed by atoms with E-state index in [9.17, 15) is 0 Å². The van der Waals surface area contributed by atoms with Gasteiger partial charge in [0.15, 0.2) is 0 Å². The first-order chi connectivity index (χ1) is 1.00. The van der Waals surface area contributed by atoms with Crippen molar-refractivity contribution in [2.24, 2.45) is 0 Å². The second-order valence-electron chi connectivity index (χ2n) is 0. The van der Waals surface area contributed by atoms with Crippen LogP contribution < -0.4 is 0 Å². The molecule has 21 valence electrons. The average molecular weight is 122 g/mol. The van der Waals surface area contributed by atoms with E-state index < -0.39 is 0 Å². The fraction of sp³-hybridized carbons (Fsp3) is 0. The Kier molecular flexibility index (Phi) is 87.6. The Morgan fingerprint density at radius 1 is 1.50 bits per heavy atom. The van der Waals surface area contributed by atoms with Gasteiger partial charge in [-0.15, -0.1) is 12.4 Å². The Hall–Kier alpha value is 1.88. The third kappa shape index (κ3) is 9.10. The molecule has 0 aromatic rings. The molecule has 1 radical (unpaired) electrons. The van der Waals surface area contributed by atoms with Crippen LogP contribution in [0.5, 0.6) is 0 Å². The molecule has 0 heterocycles. The quantitative estimate of drug-likeness (QED) is 0.405. The van der Waals surface area contributed by atoms with Crippen LogP contribution in [0.4, 0.5) is 0 Å². The van der Waals surface area contributed by atoms with Crippen molar-refractivity contribution in [3.63, 3.8) is 0 Å². The summed E-state index contributed by atoms with van der Waals surface area (Å²) in [5, 5.41) is 0. The molecule has 0 aliphatic carbocycles. The summed E-state index contributed by atoms with van der Waals surface area (Å²) in [4.78, 5) is 0. The van der Waals surface area contributed by atoms with Crippen LogP contribution in [-0.4, -0.2) is 54.0 Å². The second-order valence-corrected chi connectivity index (χ2v) is 0. The molecular weight excluding hydrogens is 119 g/mol. The molecule has 1 nitrogen and oxygen atoms in total. The fourth-order valence-electron chi connectivity index (χ4n) is 0. The standard InChI is InChI=1S/Al.Ca.ClH.O.2H/h;;1H;;;/q;+2;;;2*-1. The number of halogens is 1. The zero-order valence-electron chi connectivity index (χ0n) is 4.10. The van der Waals surface area contributed by atoms with E-state index >= 15 is 0 Å². The third-order valence-corrected chi connectivity index (χ3v) is 0. The van der Waals surface area contributed by atoms with Gasteiger partial charge in [0, 0.05) is 0 Å². The van der Waals surface area contributed by atoms with E-state index in [4.69, 9.17) is 3.80 Å². The summed E-state index contributed by atoms with van der Waals surface area (Å²) in [6.07, 6.45) is 0. The van der Waals surface area contributed by atoms with Crippen molar-refractivity contribution in [1.82, 2.24) is 0 Å². The Labute approximate surface area is 72.2 Å². The first-order valence-corrected chi connectivity index (χ1v) is 0.707. The Bertz CT molecular complexity index is 13.5. The summed E-state index contributed by atoms with van der Waals surface area (Å²) in [5.41, 5.74) is 0. The van der Waals surface area contributed by atoms with E-state index in [1.807, 2.05) is 0 Å². The number of hydrogen-bond donors (Lipinski definition) is 0. The maximum absolute atomic E-state index is 8.17. The normalized spacial score (nSPS) is 0.750. The minimum atomic E-state index is 0. The van der Waals surface area contributed by atoms with Gasteiger partial charge in [-0.1, -0.05) is 0 Å². The molecular formula is H3AlCaClO. The average Bonchev–Trinajstić information content (AvgIpc) is 1.00. The van der Waals surface area contributed by atoms with E-state index in [0.717, 1.165) is 0 Å². The molecule has 0 aromatic heterocycles. The van der Waals surface area contributed by atoms with Crippen LogP contribution in [0.3, 0.4) is 0 Å². The predicted octanol–water partition coefficient (Wildman–Crippen LogP) is -0.234. The van der Waals surface area contributed by atoms with Crippen molar-refractivity contribution in [2.45, 2.75) is 0 Å². The summed E-state index contributed by atoms with van der Waals surface area (Å²) in [6, 6.07) is 0. The van der Waals surface area contributed by atoms with Crippen LogP contribution in [0.25, 0.3) is 0 Å². The Balaban J connectivity index is -0.000000000833. The monoisotopic (exact) mass is 121 g/mol. The molecule has 4 heteroatoms. The van der Waals surface area contributed by atoms with Gasteiger partial charge in [0.1, 0.15) is 0 Å². The van der Waals surface area contributed by atoms with Crippen LogP contribution in [0, 0.1) is 0 Å². The maximum atomic E-state index is 8.17. The SMILES string of the molecule is Cl.[Ca+2].[H-].[H-].[O]=[Al]. The van der Waals surface area contributed by atoms with E-state index in [1.165, 1.54) is 16.2 Å². The van der Waals surface area contributed by atoms with Gasteiger partial charge in [-0.05, 0) is 0 Å². The molecule has 0 spiro atoms. The minimum absolute atomic E-state index is 0. The zero-order chi connectivity index (χ0) is 2.00. The van der Waals surface area contributed by atoms with E-state index in [2.05, 4.69) is 0 Å². The van der Waals surface area contributed by atoms with Gasteiger partial charge in [-0.2, -0.15) is 0 Å². The molecule has 0 unspecified atom stereocenters. The topological polar surface area (TPSA) is 17.1 Å². The molecule has 0 rings (SSSR count). The molecule has 0 bridgehead atoms. The van der Waals surface area contributed by atoms with Crippen molar-refractivity contribution in [1.29, 1.82) is 0 Å². The van der Waals surface area contributed by atoms with E-state index in [0.29, 0.717) is 0 Å². The van der Waals surface area contributed by atoms with Gasteiger partial charge >= 0.3 is 57.8 Å². The first kappa shape index (κ1) is 16.9. The summed E-state index contributed by atoms with van der Waals surface area (Å²) in [7, 11) is 0. The molecule has 0 saturated carbocycles. The molecule has 0 aliphatic rings. The van der Waals surface area contributed by atoms with Gasteiger partial charge < -0.3 is 2.85 Å². The molecule has 0 aliphatic heterocycles. The molecule has 0 N–H and O–H groups in total. The summed E-state index contributed by atoms with van der Waals surface area (Å²) >= 11 is 1.17. The molecule has 0 atom stereocenters. The molecule has 0 fully saturated rings. The van der Waals surface area contributed by atoms with Gasteiger partial charge in [-0.3, -0.25) is 0 Å². The second kappa shape index (κ2) is 20.8. The van der Waals surface area contributed by atoms with Gasteiger partial charge in [0.2, 0.25) is 0 Å². The molecule has 0 amide bonds. The number of rotatable bonds is 0. The van der Waals surface area contributed by atoms with Crippen LogP contribution in [-0.2, 0) is 3.80 Å². The summed E-state index contributed by atoms with van der Waals surface area (Å²) in [5.74, 6) is 0. The fourth-order valence-corrected chi connectivity index (χ4v) is 0. The number of hydrogen-bond acceptors (Lipinski definition) is 1. The third-order valence-electron chi connectivity index (χ3n) is 0. The van der Waals surface area contributed by atoms with Crippen molar-refractivity contribution < 1.29 is 6.66 Å². The van der Waals surface area contributed by atoms with E-state index in [-0.39, 0.29) is 53.0 Å². The molecule has 0 aromatic carbocycles. The first-order valence-electron chi connectivity index (χ1n) is 0.236. The van der Waals surface area contributed by atoms with Gasteiger partial charge in [0.05, 0.1) is 0 Å². The van der Waals surface area contributed by atoms with Crippen LogP contribution in [0.1, 0.15) is 2.85 Å². The van der Waals surface area contributed by atoms with Gasteiger partial charge in [0.25, 0.3) is 0 Å². The predicted molar refractivity (Wildman–Crippen MR) is 21.7 cm³/mol. The van der Waals surface area contributed by atoms with Gasteiger partial charge in [-0.25, -0.2) is 0 Å². The van der Waals surface area contributed by atoms with Crippen molar-refractivity contribution in [2.75, 3.05) is 0 Å². The molecule has 4 heavy (non-hydrogen) atoms. The van der Waals surface area contributed by atoms with Crippen molar-refractivity contribution in [3.8, 4) is 0 Å². The Morgan fingerprint density at radius 2 is 1.50 bits per heavy atom. The van der Waals surface area contributed by atoms with Crippen LogP contribution >= 0.6 is 12.4 Å². The summed E-state index contributed by atoms with van der Waals surface area (Å²) in [6.45, 7) is 0. The van der Waals surface area contributed by atoms with E-state index in [1.54, 1.807) is 0 Å². The Morgan fingerprint density at radius 3 is 1.50 bits per heavy atom. The van der Waals surface area contributed by atoms with Crippen LogP contribution in [0.15, 0.2) is 0 Å².